The molecule has 0 spiro atoms. The summed E-state index contributed by atoms with van der Waals surface area (Å²) >= 11 is 0. The first-order chi connectivity index (χ1) is 8.63. The average Bonchev–Trinajstić information content (AvgIpc) is 2.87. The van der Waals surface area contributed by atoms with E-state index < -0.39 is 0 Å². The monoisotopic (exact) mass is 250 g/mol. The van der Waals surface area contributed by atoms with E-state index in [1.807, 2.05) is 13.1 Å². The van der Waals surface area contributed by atoms with E-state index in [0.717, 1.165) is 24.7 Å². The lowest BCUT2D eigenvalue weighted by molar-refractivity contribution is 0.390. The predicted molar refractivity (Wildman–Crippen MR) is 71.3 cm³/mol. The summed E-state index contributed by atoms with van der Waals surface area (Å²) in [6, 6.07) is 1.88. The molecular weight excluding hydrogens is 228 g/mol. The quantitative estimate of drug-likeness (QED) is 0.640. The van der Waals surface area contributed by atoms with E-state index in [1.165, 1.54) is 12.8 Å². The van der Waals surface area contributed by atoms with E-state index in [-0.39, 0.29) is 0 Å². The minimum atomic E-state index is 0.440. The number of guanidine groups is 1. The summed E-state index contributed by atoms with van der Waals surface area (Å²) in [5.41, 5.74) is 1.36. The van der Waals surface area contributed by atoms with Crippen LogP contribution in [0.4, 0.5) is 0 Å². The van der Waals surface area contributed by atoms with Gasteiger partial charge in [0.1, 0.15) is 12.0 Å². The lowest BCUT2D eigenvalue weighted by Crippen LogP contribution is -2.38. The highest BCUT2D eigenvalue weighted by Crippen LogP contribution is 2.45. The Kier molecular flexibility index (Phi) is 3.89. The van der Waals surface area contributed by atoms with E-state index in [1.54, 1.807) is 6.26 Å². The predicted octanol–water partition coefficient (Wildman–Crippen LogP) is 1.87. The van der Waals surface area contributed by atoms with Crippen molar-refractivity contribution in [3.05, 3.63) is 18.0 Å². The van der Waals surface area contributed by atoms with Crippen molar-refractivity contribution >= 4 is 5.96 Å². The number of nitrogens with zero attached hydrogens (tertiary/aromatic N) is 3. The number of rotatable bonds is 5. The largest absolute Gasteiger partial charge is 0.364 e. The average molecular weight is 250 g/mol. The molecule has 0 aromatic carbocycles. The van der Waals surface area contributed by atoms with Gasteiger partial charge in [-0.05, 0) is 25.2 Å². The van der Waals surface area contributed by atoms with Crippen LogP contribution in [-0.2, 0) is 6.54 Å². The summed E-state index contributed by atoms with van der Waals surface area (Å²) in [6.45, 7) is 6.85. The Morgan fingerprint density at radius 3 is 2.94 bits per heavy atom. The molecule has 1 N–H and O–H groups in total. The minimum Gasteiger partial charge on any atom is -0.364 e. The van der Waals surface area contributed by atoms with Gasteiger partial charge in [0.2, 0.25) is 0 Å². The van der Waals surface area contributed by atoms with Crippen molar-refractivity contribution in [1.82, 2.24) is 15.4 Å². The van der Waals surface area contributed by atoms with Gasteiger partial charge in [-0.3, -0.25) is 4.99 Å². The first-order valence-electron chi connectivity index (χ1n) is 6.52. The Hall–Kier alpha value is -1.52. The van der Waals surface area contributed by atoms with Crippen LogP contribution in [-0.4, -0.2) is 36.2 Å². The summed E-state index contributed by atoms with van der Waals surface area (Å²) in [5, 5.41) is 7.23. The van der Waals surface area contributed by atoms with Crippen LogP contribution in [0.1, 0.15) is 32.4 Å². The van der Waals surface area contributed by atoms with Gasteiger partial charge in [0.15, 0.2) is 5.96 Å². The van der Waals surface area contributed by atoms with E-state index >= 15 is 0 Å². The third-order valence-electron chi connectivity index (χ3n) is 3.30. The first-order valence-corrected chi connectivity index (χ1v) is 6.52. The molecule has 5 nitrogen and oxygen atoms in total. The fourth-order valence-corrected chi connectivity index (χ4v) is 1.74. The molecule has 0 unspecified atom stereocenters. The molecule has 1 aromatic heterocycles. The number of hydrogen-bond donors (Lipinski definition) is 1. The first kappa shape index (κ1) is 12.9. The Balaban J connectivity index is 1.94. The standard InChI is InChI=1S/C13H22N4O/c1-4-14-12(15-10-13(2)6-7-13)17(3)9-11-5-8-18-16-11/h5,8H,4,6-7,9-10H2,1-3H3,(H,14,15). The molecule has 0 atom stereocenters. The second kappa shape index (κ2) is 5.42. The fourth-order valence-electron chi connectivity index (χ4n) is 1.74. The van der Waals surface area contributed by atoms with Crippen LogP contribution in [0.3, 0.4) is 0 Å². The summed E-state index contributed by atoms with van der Waals surface area (Å²) < 4.78 is 4.84. The van der Waals surface area contributed by atoms with E-state index in [9.17, 15) is 0 Å². The maximum atomic E-state index is 4.84. The van der Waals surface area contributed by atoms with E-state index in [4.69, 9.17) is 9.52 Å². The topological polar surface area (TPSA) is 53.7 Å². The number of nitrogens with one attached hydrogen (secondary N) is 1. The number of hydrogen-bond acceptors (Lipinski definition) is 3. The van der Waals surface area contributed by atoms with Crippen LogP contribution >= 0.6 is 0 Å². The van der Waals surface area contributed by atoms with Gasteiger partial charge in [0.25, 0.3) is 0 Å². The molecule has 0 radical (unpaired) electrons. The molecule has 18 heavy (non-hydrogen) atoms. The Labute approximate surface area is 108 Å². The zero-order valence-electron chi connectivity index (χ0n) is 11.4. The summed E-state index contributed by atoms with van der Waals surface area (Å²) in [5.74, 6) is 0.939. The van der Waals surface area contributed by atoms with Crippen molar-refractivity contribution < 1.29 is 4.52 Å². The van der Waals surface area contributed by atoms with E-state index in [2.05, 4.69) is 29.2 Å². The molecule has 0 amide bonds. The highest BCUT2D eigenvalue weighted by Gasteiger charge is 2.37. The molecule has 5 heteroatoms. The second-order valence-electron chi connectivity index (χ2n) is 5.33. The minimum absolute atomic E-state index is 0.440. The van der Waals surface area contributed by atoms with Gasteiger partial charge >= 0.3 is 0 Å². The molecule has 1 aliphatic rings. The van der Waals surface area contributed by atoms with Gasteiger partial charge in [0, 0.05) is 26.2 Å². The zero-order valence-corrected chi connectivity index (χ0v) is 11.4. The fraction of sp³-hybridized carbons (Fsp3) is 0.692. The van der Waals surface area contributed by atoms with Crippen molar-refractivity contribution in [2.75, 3.05) is 20.1 Å². The molecule has 1 heterocycles. The molecule has 0 aliphatic heterocycles. The van der Waals surface area contributed by atoms with Crippen molar-refractivity contribution in [3.8, 4) is 0 Å². The van der Waals surface area contributed by atoms with Crippen molar-refractivity contribution in [2.45, 2.75) is 33.2 Å². The molecule has 1 aliphatic carbocycles. The summed E-state index contributed by atoms with van der Waals surface area (Å²) in [6.07, 6.45) is 4.18. The van der Waals surface area contributed by atoms with Crippen LogP contribution in [0.5, 0.6) is 0 Å². The van der Waals surface area contributed by atoms with Crippen LogP contribution in [0.25, 0.3) is 0 Å². The molecule has 1 aromatic rings. The van der Waals surface area contributed by atoms with Crippen molar-refractivity contribution in [1.29, 1.82) is 0 Å². The Bertz CT molecular complexity index is 395. The molecule has 2 rings (SSSR count). The van der Waals surface area contributed by atoms with Crippen LogP contribution in [0.2, 0.25) is 0 Å². The van der Waals surface area contributed by atoms with Gasteiger partial charge in [-0.2, -0.15) is 0 Å². The zero-order chi connectivity index (χ0) is 13.0. The lowest BCUT2D eigenvalue weighted by atomic mass is 10.1. The molecular formula is C13H22N4O. The molecule has 0 saturated heterocycles. The van der Waals surface area contributed by atoms with Gasteiger partial charge in [-0.15, -0.1) is 0 Å². The van der Waals surface area contributed by atoms with Gasteiger partial charge in [-0.1, -0.05) is 12.1 Å². The Morgan fingerprint density at radius 2 is 2.39 bits per heavy atom. The SMILES string of the molecule is CCNC(=NCC1(C)CC1)N(C)Cc1ccon1. The van der Waals surface area contributed by atoms with Crippen molar-refractivity contribution in [2.24, 2.45) is 10.4 Å². The number of aromatic nitrogens is 1. The highest BCUT2D eigenvalue weighted by molar-refractivity contribution is 5.79. The maximum Gasteiger partial charge on any atom is 0.194 e. The maximum absolute atomic E-state index is 4.84. The third kappa shape index (κ3) is 3.48. The van der Waals surface area contributed by atoms with Crippen LogP contribution in [0, 0.1) is 5.41 Å². The van der Waals surface area contributed by atoms with Gasteiger partial charge in [-0.25, -0.2) is 0 Å². The van der Waals surface area contributed by atoms with Crippen molar-refractivity contribution in [3.63, 3.8) is 0 Å². The van der Waals surface area contributed by atoms with Gasteiger partial charge < -0.3 is 14.7 Å². The van der Waals surface area contributed by atoms with E-state index in [0.29, 0.717) is 12.0 Å². The molecule has 100 valence electrons. The summed E-state index contributed by atoms with van der Waals surface area (Å²) in [4.78, 5) is 6.78. The molecule has 1 saturated carbocycles. The Morgan fingerprint density at radius 1 is 1.61 bits per heavy atom. The smallest absolute Gasteiger partial charge is 0.194 e. The molecule has 0 bridgehead atoms. The highest BCUT2D eigenvalue weighted by atomic mass is 16.5. The lowest BCUT2D eigenvalue weighted by Gasteiger charge is -2.21. The van der Waals surface area contributed by atoms with Crippen LogP contribution in [0.15, 0.2) is 21.8 Å². The third-order valence-corrected chi connectivity index (χ3v) is 3.30. The second-order valence-corrected chi connectivity index (χ2v) is 5.33. The van der Waals surface area contributed by atoms with Gasteiger partial charge in [0.05, 0.1) is 6.54 Å². The normalized spacial score (nSPS) is 17.6. The molecule has 1 fully saturated rings. The van der Waals surface area contributed by atoms with Crippen LogP contribution < -0.4 is 5.32 Å². The number of aliphatic imine (C=N–C) groups is 1. The summed E-state index contributed by atoms with van der Waals surface area (Å²) in [7, 11) is 2.02.